The molecule has 0 radical (unpaired) electrons. The van der Waals surface area contributed by atoms with Gasteiger partial charge in [-0.25, -0.2) is 8.42 Å². The molecule has 2 rings (SSSR count). The average Bonchev–Trinajstić information content (AvgIpc) is 2.52. The molecule has 2 N–H and O–H groups in total. The maximum atomic E-state index is 12.5. The molecule has 0 saturated heterocycles. The standard InChI is InChI=1S/C16H16F3NO4S/c1-25(21,22)13-4-2-3-11(9-13)12-5-6-14(24-16(17,18)19)15(10-12)23-8-7-20/h2-6,9-10H,7-8,20H2,1H3. The van der Waals surface area contributed by atoms with Gasteiger partial charge in [0.15, 0.2) is 21.3 Å². The van der Waals surface area contributed by atoms with Gasteiger partial charge >= 0.3 is 6.36 Å². The van der Waals surface area contributed by atoms with Crippen LogP contribution in [0.25, 0.3) is 11.1 Å². The Morgan fingerprint density at radius 2 is 1.72 bits per heavy atom. The first-order chi connectivity index (χ1) is 11.6. The van der Waals surface area contributed by atoms with Crippen LogP contribution in [0.4, 0.5) is 13.2 Å². The Kier molecular flexibility index (Phi) is 5.58. The van der Waals surface area contributed by atoms with Crippen LogP contribution in [0.15, 0.2) is 47.4 Å². The van der Waals surface area contributed by atoms with Crippen LogP contribution in [-0.4, -0.2) is 34.2 Å². The molecule has 0 bridgehead atoms. The number of hydrogen-bond acceptors (Lipinski definition) is 5. The van der Waals surface area contributed by atoms with E-state index in [9.17, 15) is 21.6 Å². The first-order valence-electron chi connectivity index (χ1n) is 7.13. The molecule has 0 fully saturated rings. The molecule has 0 spiro atoms. The number of rotatable bonds is 6. The zero-order chi connectivity index (χ0) is 18.7. The number of alkyl halides is 3. The van der Waals surface area contributed by atoms with E-state index in [1.807, 2.05) is 0 Å². The van der Waals surface area contributed by atoms with Gasteiger partial charge in [-0.05, 0) is 35.4 Å². The average molecular weight is 375 g/mol. The molecule has 0 aliphatic carbocycles. The van der Waals surface area contributed by atoms with Crippen LogP contribution in [-0.2, 0) is 9.84 Å². The van der Waals surface area contributed by atoms with E-state index >= 15 is 0 Å². The van der Waals surface area contributed by atoms with Gasteiger partial charge in [0.25, 0.3) is 0 Å². The van der Waals surface area contributed by atoms with Crippen LogP contribution in [0, 0.1) is 0 Å². The first-order valence-corrected chi connectivity index (χ1v) is 9.02. The quantitative estimate of drug-likeness (QED) is 0.840. The lowest BCUT2D eigenvalue weighted by molar-refractivity contribution is -0.275. The Morgan fingerprint density at radius 3 is 2.32 bits per heavy atom. The minimum atomic E-state index is -4.86. The van der Waals surface area contributed by atoms with E-state index in [2.05, 4.69) is 4.74 Å². The van der Waals surface area contributed by atoms with Crippen molar-refractivity contribution < 1.29 is 31.1 Å². The minimum absolute atomic E-state index is 0.00104. The molecule has 2 aromatic carbocycles. The fourth-order valence-corrected chi connectivity index (χ4v) is 2.75. The fourth-order valence-electron chi connectivity index (χ4n) is 2.08. The second-order valence-electron chi connectivity index (χ2n) is 5.15. The van der Waals surface area contributed by atoms with Crippen LogP contribution < -0.4 is 15.2 Å². The van der Waals surface area contributed by atoms with Crippen molar-refractivity contribution in [1.29, 1.82) is 0 Å². The third-order valence-electron chi connectivity index (χ3n) is 3.14. The largest absolute Gasteiger partial charge is 0.573 e. The Labute approximate surface area is 143 Å². The van der Waals surface area contributed by atoms with Gasteiger partial charge in [0, 0.05) is 12.8 Å². The van der Waals surface area contributed by atoms with Crippen molar-refractivity contribution in [3.63, 3.8) is 0 Å². The Balaban J connectivity index is 2.46. The van der Waals surface area contributed by atoms with Crippen molar-refractivity contribution in [2.24, 2.45) is 5.73 Å². The van der Waals surface area contributed by atoms with Gasteiger partial charge in [-0.3, -0.25) is 0 Å². The lowest BCUT2D eigenvalue weighted by atomic mass is 10.1. The Morgan fingerprint density at radius 1 is 1.04 bits per heavy atom. The van der Waals surface area contributed by atoms with Gasteiger partial charge in [0.05, 0.1) is 4.90 Å². The highest BCUT2D eigenvalue weighted by Gasteiger charge is 2.32. The molecule has 0 atom stereocenters. The number of hydrogen-bond donors (Lipinski definition) is 1. The molecule has 0 aliphatic heterocycles. The van der Waals surface area contributed by atoms with E-state index in [1.54, 1.807) is 12.1 Å². The van der Waals surface area contributed by atoms with Crippen molar-refractivity contribution in [3.05, 3.63) is 42.5 Å². The number of halogens is 3. The molecule has 136 valence electrons. The molecular formula is C16H16F3NO4S. The van der Waals surface area contributed by atoms with Crippen molar-refractivity contribution in [3.8, 4) is 22.6 Å². The smallest absolute Gasteiger partial charge is 0.488 e. The summed E-state index contributed by atoms with van der Waals surface area (Å²) < 4.78 is 69.9. The fraction of sp³-hybridized carbons (Fsp3) is 0.250. The highest BCUT2D eigenvalue weighted by molar-refractivity contribution is 7.90. The van der Waals surface area contributed by atoms with E-state index in [0.29, 0.717) is 11.1 Å². The van der Waals surface area contributed by atoms with Crippen molar-refractivity contribution in [2.75, 3.05) is 19.4 Å². The van der Waals surface area contributed by atoms with Gasteiger partial charge in [0.1, 0.15) is 6.61 Å². The predicted molar refractivity (Wildman–Crippen MR) is 86.2 cm³/mol. The van der Waals surface area contributed by atoms with Crippen LogP contribution in [0.5, 0.6) is 11.5 Å². The summed E-state index contributed by atoms with van der Waals surface area (Å²) in [5.74, 6) is -0.631. The molecule has 2 aromatic rings. The zero-order valence-corrected chi connectivity index (χ0v) is 14.0. The van der Waals surface area contributed by atoms with E-state index in [1.165, 1.54) is 24.3 Å². The molecular weight excluding hydrogens is 359 g/mol. The molecule has 25 heavy (non-hydrogen) atoms. The van der Waals surface area contributed by atoms with Gasteiger partial charge in [-0.2, -0.15) is 0 Å². The minimum Gasteiger partial charge on any atom is -0.488 e. The zero-order valence-electron chi connectivity index (χ0n) is 13.2. The number of ether oxygens (including phenoxy) is 2. The highest BCUT2D eigenvalue weighted by Crippen LogP contribution is 2.36. The third kappa shape index (κ3) is 5.36. The second kappa shape index (κ2) is 7.32. The second-order valence-corrected chi connectivity index (χ2v) is 7.16. The molecule has 0 aliphatic rings. The van der Waals surface area contributed by atoms with Gasteiger partial charge in [-0.15, -0.1) is 13.2 Å². The maximum Gasteiger partial charge on any atom is 0.573 e. The third-order valence-corrected chi connectivity index (χ3v) is 4.25. The summed E-state index contributed by atoms with van der Waals surface area (Å²) in [7, 11) is -3.41. The highest BCUT2D eigenvalue weighted by atomic mass is 32.2. The summed E-state index contributed by atoms with van der Waals surface area (Å²) in [4.78, 5) is 0.102. The van der Waals surface area contributed by atoms with Crippen LogP contribution >= 0.6 is 0 Å². The number of nitrogens with two attached hydrogens (primary N) is 1. The monoisotopic (exact) mass is 375 g/mol. The van der Waals surface area contributed by atoms with Crippen LogP contribution in [0.1, 0.15) is 0 Å². The summed E-state index contributed by atoms with van der Waals surface area (Å²) in [6, 6.07) is 9.90. The summed E-state index contributed by atoms with van der Waals surface area (Å²) >= 11 is 0. The van der Waals surface area contributed by atoms with E-state index in [-0.39, 0.29) is 23.8 Å². The lowest BCUT2D eigenvalue weighted by Crippen LogP contribution is -2.18. The maximum absolute atomic E-state index is 12.5. The predicted octanol–water partition coefficient (Wildman–Crippen LogP) is 2.99. The Hall–Kier alpha value is -2.26. The lowest BCUT2D eigenvalue weighted by Gasteiger charge is -2.15. The van der Waals surface area contributed by atoms with E-state index in [0.717, 1.165) is 12.3 Å². The van der Waals surface area contributed by atoms with Crippen molar-refractivity contribution >= 4 is 9.84 Å². The summed E-state index contributed by atoms with van der Waals surface area (Å²) in [5, 5.41) is 0. The molecule has 5 nitrogen and oxygen atoms in total. The molecule has 0 heterocycles. The Bertz CT molecular complexity index is 851. The topological polar surface area (TPSA) is 78.6 Å². The summed E-state index contributed by atoms with van der Waals surface area (Å²) in [6.45, 7) is 0.111. The first kappa shape index (κ1) is 19.1. The van der Waals surface area contributed by atoms with Crippen molar-refractivity contribution in [1.82, 2.24) is 0 Å². The van der Waals surface area contributed by atoms with Crippen molar-refractivity contribution in [2.45, 2.75) is 11.3 Å². The summed E-state index contributed by atoms with van der Waals surface area (Å²) in [6.07, 6.45) is -3.79. The molecule has 0 unspecified atom stereocenters. The molecule has 0 amide bonds. The van der Waals surface area contributed by atoms with Gasteiger partial charge in [0.2, 0.25) is 0 Å². The summed E-state index contributed by atoms with van der Waals surface area (Å²) in [5.41, 5.74) is 6.31. The van der Waals surface area contributed by atoms with Crippen LogP contribution in [0.3, 0.4) is 0 Å². The number of sulfone groups is 1. The van der Waals surface area contributed by atoms with E-state index < -0.39 is 21.9 Å². The molecule has 9 heteroatoms. The normalized spacial score (nSPS) is 12.0. The SMILES string of the molecule is CS(=O)(=O)c1cccc(-c2ccc(OC(F)(F)F)c(OCCN)c2)c1. The number of benzene rings is 2. The van der Waals surface area contributed by atoms with Crippen LogP contribution in [0.2, 0.25) is 0 Å². The van der Waals surface area contributed by atoms with E-state index in [4.69, 9.17) is 10.5 Å². The molecule has 0 saturated carbocycles. The molecule has 0 aromatic heterocycles. The van der Waals surface area contributed by atoms with Gasteiger partial charge < -0.3 is 15.2 Å². The van der Waals surface area contributed by atoms with Gasteiger partial charge in [-0.1, -0.05) is 18.2 Å².